The lowest BCUT2D eigenvalue weighted by Crippen LogP contribution is -2.67. The van der Waals surface area contributed by atoms with Gasteiger partial charge in [-0.15, -0.1) is 0 Å². The summed E-state index contributed by atoms with van der Waals surface area (Å²) >= 11 is 0. The number of amides is 1. The molecule has 2 nitrogen and oxygen atoms in total. The zero-order valence-corrected chi connectivity index (χ0v) is 11.1. The first-order valence-electron chi connectivity index (χ1n) is 5.71. The molecule has 0 radical (unpaired) electrons. The molecule has 1 rings (SSSR count). The van der Waals surface area contributed by atoms with E-state index in [-0.39, 0.29) is 4.90 Å². The van der Waals surface area contributed by atoms with Crippen LogP contribution < -0.4 is 4.90 Å². The third kappa shape index (κ3) is 2.95. The number of carbonyl (C=O) groups excluding carboxylic acids is 1. The second-order valence-corrected chi connectivity index (χ2v) is 4.44. The molecule has 11 heteroatoms. The number of hydrogen-bond acceptors (Lipinski definition) is 1. The molecule has 1 aromatic carbocycles. The molecule has 0 aliphatic rings. The summed E-state index contributed by atoms with van der Waals surface area (Å²) in [5.74, 6) is -3.18. The SMILES string of the molecule is CN(C(=O)C(C(F)(F)F)(C(F)(F)F)C(F)(F)F)c1ccccc1. The van der Waals surface area contributed by atoms with Gasteiger partial charge in [0.1, 0.15) is 0 Å². The maximum absolute atomic E-state index is 12.8. The Morgan fingerprint density at radius 3 is 1.43 bits per heavy atom. The van der Waals surface area contributed by atoms with Gasteiger partial charge in [-0.05, 0) is 12.1 Å². The predicted molar refractivity (Wildman–Crippen MR) is 60.5 cm³/mol. The minimum atomic E-state index is -6.93. The number of halogens is 9. The third-order valence-corrected chi connectivity index (χ3v) is 3.04. The van der Waals surface area contributed by atoms with Crippen LogP contribution in [0.25, 0.3) is 0 Å². The maximum Gasteiger partial charge on any atom is 0.421 e. The third-order valence-electron chi connectivity index (χ3n) is 3.04. The van der Waals surface area contributed by atoms with Gasteiger partial charge in [0.25, 0.3) is 5.91 Å². The van der Waals surface area contributed by atoms with Gasteiger partial charge in [0, 0.05) is 12.7 Å². The molecule has 0 atom stereocenters. The Balaban J connectivity index is 3.62. The van der Waals surface area contributed by atoms with Gasteiger partial charge in [0.2, 0.25) is 0 Å². The van der Waals surface area contributed by atoms with Gasteiger partial charge < -0.3 is 4.90 Å². The van der Waals surface area contributed by atoms with E-state index in [1.807, 2.05) is 0 Å². The summed E-state index contributed by atoms with van der Waals surface area (Å²) < 4.78 is 115. The van der Waals surface area contributed by atoms with Crippen LogP contribution in [0.1, 0.15) is 0 Å². The van der Waals surface area contributed by atoms with E-state index in [0.29, 0.717) is 7.05 Å². The lowest BCUT2D eigenvalue weighted by atomic mass is 9.83. The van der Waals surface area contributed by atoms with E-state index in [2.05, 4.69) is 0 Å². The minimum Gasteiger partial charge on any atom is -0.314 e. The van der Waals surface area contributed by atoms with Gasteiger partial charge in [-0.1, -0.05) is 18.2 Å². The lowest BCUT2D eigenvalue weighted by molar-refractivity contribution is -0.406. The molecule has 0 N–H and O–H groups in total. The Hall–Kier alpha value is -1.94. The fraction of sp³-hybridized carbons (Fsp3) is 0.417. The van der Waals surface area contributed by atoms with Gasteiger partial charge in [0.05, 0.1) is 0 Å². The molecule has 23 heavy (non-hydrogen) atoms. The highest BCUT2D eigenvalue weighted by Gasteiger charge is 2.88. The van der Waals surface area contributed by atoms with Gasteiger partial charge >= 0.3 is 23.9 Å². The lowest BCUT2D eigenvalue weighted by Gasteiger charge is -2.39. The standard InChI is InChI=1S/C12H8F9NO/c1-22(7-5-3-2-4-6-7)8(23)9(10(13,14)15,11(16,17)18)12(19,20)21/h2-6H,1H3. The van der Waals surface area contributed by atoms with Crippen LogP contribution in [-0.2, 0) is 4.79 Å². The molecule has 0 aromatic heterocycles. The largest absolute Gasteiger partial charge is 0.421 e. The normalized spacial score (nSPS) is 13.8. The summed E-state index contributed by atoms with van der Waals surface area (Å²) in [6.07, 6.45) is -20.8. The van der Waals surface area contributed by atoms with Crippen LogP contribution in [0.15, 0.2) is 30.3 Å². The Morgan fingerprint density at radius 1 is 0.783 bits per heavy atom. The van der Waals surface area contributed by atoms with E-state index in [0.717, 1.165) is 24.3 Å². The highest BCUT2D eigenvalue weighted by Crippen LogP contribution is 2.60. The van der Waals surface area contributed by atoms with Gasteiger partial charge in [-0.25, -0.2) is 0 Å². The Bertz CT molecular complexity index is 523. The number of rotatable bonds is 2. The number of para-hydroxylation sites is 1. The van der Waals surface area contributed by atoms with Crippen LogP contribution in [0, 0.1) is 5.41 Å². The van der Waals surface area contributed by atoms with E-state index in [1.54, 1.807) is 0 Å². The summed E-state index contributed by atoms with van der Waals surface area (Å²) in [5, 5.41) is 0. The first kappa shape index (κ1) is 19.1. The molecule has 0 saturated heterocycles. The Labute approximate surface area is 123 Å². The molecule has 0 aliphatic carbocycles. The molecule has 0 heterocycles. The van der Waals surface area contributed by atoms with Crippen LogP contribution in [-0.4, -0.2) is 31.5 Å². The van der Waals surface area contributed by atoms with Crippen molar-refractivity contribution in [2.75, 3.05) is 11.9 Å². The first-order valence-corrected chi connectivity index (χ1v) is 5.71. The fourth-order valence-electron chi connectivity index (χ4n) is 1.87. The second kappa shape index (κ2) is 5.60. The van der Waals surface area contributed by atoms with E-state index >= 15 is 0 Å². The van der Waals surface area contributed by atoms with Crippen LogP contribution in [0.5, 0.6) is 0 Å². The van der Waals surface area contributed by atoms with Crippen molar-refractivity contribution >= 4 is 11.6 Å². The Morgan fingerprint density at radius 2 is 1.13 bits per heavy atom. The van der Waals surface area contributed by atoms with Crippen LogP contribution in [0.3, 0.4) is 0 Å². The topological polar surface area (TPSA) is 20.3 Å². The minimum absolute atomic E-state index is 0.325. The molecule has 0 fully saturated rings. The molecule has 0 unspecified atom stereocenters. The number of carbonyl (C=O) groups is 1. The smallest absolute Gasteiger partial charge is 0.314 e. The summed E-state index contributed by atoms with van der Waals surface area (Å²) in [7, 11) is 0.398. The predicted octanol–water partition coefficient (Wildman–Crippen LogP) is 4.32. The van der Waals surface area contributed by atoms with Crippen molar-refractivity contribution in [1.29, 1.82) is 0 Å². The number of anilines is 1. The van der Waals surface area contributed by atoms with Crippen molar-refractivity contribution in [2.45, 2.75) is 18.5 Å². The van der Waals surface area contributed by atoms with Gasteiger partial charge in [-0.2, -0.15) is 39.5 Å². The number of nitrogens with zero attached hydrogens (tertiary/aromatic N) is 1. The van der Waals surface area contributed by atoms with Crippen molar-refractivity contribution in [1.82, 2.24) is 0 Å². The maximum atomic E-state index is 12.8. The van der Waals surface area contributed by atoms with Gasteiger partial charge in [0.15, 0.2) is 0 Å². The van der Waals surface area contributed by atoms with E-state index in [4.69, 9.17) is 0 Å². The van der Waals surface area contributed by atoms with Crippen molar-refractivity contribution < 1.29 is 44.3 Å². The van der Waals surface area contributed by atoms with Crippen molar-refractivity contribution in [3.63, 3.8) is 0 Å². The van der Waals surface area contributed by atoms with E-state index in [1.165, 1.54) is 6.07 Å². The summed E-state index contributed by atoms with van der Waals surface area (Å²) in [6.45, 7) is 0. The molecule has 0 saturated carbocycles. The second-order valence-electron chi connectivity index (χ2n) is 4.44. The quantitative estimate of drug-likeness (QED) is 0.725. The average molecular weight is 353 g/mol. The van der Waals surface area contributed by atoms with Gasteiger partial charge in [-0.3, -0.25) is 4.79 Å². The molecular weight excluding hydrogens is 345 g/mol. The summed E-state index contributed by atoms with van der Waals surface area (Å²) in [5.41, 5.74) is -7.07. The number of hydrogen-bond donors (Lipinski definition) is 0. The molecular formula is C12H8F9NO. The van der Waals surface area contributed by atoms with Crippen LogP contribution in [0.4, 0.5) is 45.2 Å². The molecule has 0 bridgehead atoms. The van der Waals surface area contributed by atoms with E-state index in [9.17, 15) is 44.3 Å². The summed E-state index contributed by atoms with van der Waals surface area (Å²) in [4.78, 5) is 11.3. The molecule has 0 aliphatic heterocycles. The molecule has 1 aromatic rings. The first-order chi connectivity index (χ1) is 10.2. The highest BCUT2D eigenvalue weighted by atomic mass is 19.4. The summed E-state index contributed by atoms with van der Waals surface area (Å²) in [6, 6.07) is 5.37. The van der Waals surface area contributed by atoms with Crippen molar-refractivity contribution in [3.8, 4) is 0 Å². The zero-order valence-electron chi connectivity index (χ0n) is 11.1. The molecule has 1 amide bonds. The van der Waals surface area contributed by atoms with Crippen LogP contribution in [0.2, 0.25) is 0 Å². The van der Waals surface area contributed by atoms with Crippen molar-refractivity contribution in [3.05, 3.63) is 30.3 Å². The number of benzene rings is 1. The van der Waals surface area contributed by atoms with Crippen molar-refractivity contribution in [2.24, 2.45) is 5.41 Å². The Kier molecular flexibility index (Phi) is 4.66. The number of alkyl halides is 9. The van der Waals surface area contributed by atoms with Crippen LogP contribution >= 0.6 is 0 Å². The molecule has 0 spiro atoms. The fourth-order valence-corrected chi connectivity index (χ4v) is 1.87. The average Bonchev–Trinajstić information content (AvgIpc) is 2.34. The monoisotopic (exact) mass is 353 g/mol. The highest BCUT2D eigenvalue weighted by molar-refractivity contribution is 5.99. The van der Waals surface area contributed by atoms with E-state index < -0.39 is 35.5 Å². The molecule has 130 valence electrons. The zero-order chi connectivity index (χ0) is 18.3.